The third-order valence-electron chi connectivity index (χ3n) is 4.92. The predicted octanol–water partition coefficient (Wildman–Crippen LogP) is 7.15. The number of anilines is 3. The summed E-state index contributed by atoms with van der Waals surface area (Å²) in [7, 11) is 0. The number of hydrogen-bond donors (Lipinski definition) is 3. The third-order valence-corrected chi connectivity index (χ3v) is 5.75. The van der Waals surface area contributed by atoms with Crippen molar-refractivity contribution in [3.63, 3.8) is 0 Å². The Morgan fingerprint density at radius 1 is 0.865 bits per heavy atom. The summed E-state index contributed by atoms with van der Waals surface area (Å²) in [5.74, 6) is 0.468. The molecule has 0 spiro atoms. The average molecular weight is 517 g/mol. The van der Waals surface area contributed by atoms with Gasteiger partial charge in [0.25, 0.3) is 5.91 Å². The molecule has 0 aliphatic rings. The standard InChI is InChI=1S/C28H28N4O4S/c1-28(2,3)36-27(34)32-23-12-8-7-11-22(23)31-25(33)20-15-13-19(14-16-20)17-29-26-30-18-24(37-26)35-21-9-5-4-6-10-21/h4-16,18H,17H2,1-3H3,(H,29,30)(H,31,33)(H,32,34). The molecule has 3 N–H and O–H groups in total. The predicted molar refractivity (Wildman–Crippen MR) is 147 cm³/mol. The molecule has 0 fully saturated rings. The number of amides is 2. The van der Waals surface area contributed by atoms with E-state index < -0.39 is 11.7 Å². The highest BCUT2D eigenvalue weighted by atomic mass is 32.1. The molecule has 0 radical (unpaired) electrons. The second-order valence-corrected chi connectivity index (χ2v) is 10.1. The van der Waals surface area contributed by atoms with Gasteiger partial charge in [0.15, 0.2) is 5.13 Å². The zero-order valence-corrected chi connectivity index (χ0v) is 21.6. The van der Waals surface area contributed by atoms with E-state index in [4.69, 9.17) is 9.47 Å². The van der Waals surface area contributed by atoms with Crippen LogP contribution in [0.4, 0.5) is 21.3 Å². The molecule has 0 aliphatic carbocycles. The second-order valence-electron chi connectivity index (χ2n) is 9.08. The molecule has 190 valence electrons. The van der Waals surface area contributed by atoms with Gasteiger partial charge in [-0.1, -0.05) is 53.8 Å². The summed E-state index contributed by atoms with van der Waals surface area (Å²) in [6, 6.07) is 23.8. The van der Waals surface area contributed by atoms with Crippen LogP contribution in [0.3, 0.4) is 0 Å². The summed E-state index contributed by atoms with van der Waals surface area (Å²) in [4.78, 5) is 29.3. The molecule has 1 heterocycles. The van der Waals surface area contributed by atoms with Crippen LogP contribution in [0.25, 0.3) is 0 Å². The monoisotopic (exact) mass is 516 g/mol. The van der Waals surface area contributed by atoms with E-state index in [0.29, 0.717) is 28.5 Å². The quantitative estimate of drug-likeness (QED) is 0.230. The molecule has 0 saturated carbocycles. The van der Waals surface area contributed by atoms with Gasteiger partial charge in [-0.25, -0.2) is 9.78 Å². The van der Waals surface area contributed by atoms with E-state index >= 15 is 0 Å². The van der Waals surface area contributed by atoms with Crippen molar-refractivity contribution in [2.75, 3.05) is 16.0 Å². The Morgan fingerprint density at radius 3 is 2.19 bits per heavy atom. The van der Waals surface area contributed by atoms with Gasteiger partial charge >= 0.3 is 6.09 Å². The molecule has 37 heavy (non-hydrogen) atoms. The molecular formula is C28H28N4O4S. The summed E-state index contributed by atoms with van der Waals surface area (Å²) in [6.45, 7) is 5.90. The lowest BCUT2D eigenvalue weighted by atomic mass is 10.1. The van der Waals surface area contributed by atoms with Crippen LogP contribution < -0.4 is 20.7 Å². The van der Waals surface area contributed by atoms with Crippen LogP contribution in [-0.4, -0.2) is 22.6 Å². The number of hydrogen-bond acceptors (Lipinski definition) is 7. The Hall–Kier alpha value is -4.37. The van der Waals surface area contributed by atoms with Gasteiger partial charge in [0, 0.05) is 12.1 Å². The Balaban J connectivity index is 1.31. The van der Waals surface area contributed by atoms with Crippen molar-refractivity contribution in [3.05, 3.63) is 96.2 Å². The zero-order valence-electron chi connectivity index (χ0n) is 20.8. The molecule has 0 bridgehead atoms. The first-order valence-corrected chi connectivity index (χ1v) is 12.5. The van der Waals surface area contributed by atoms with Gasteiger partial charge < -0.3 is 20.1 Å². The highest BCUT2D eigenvalue weighted by Crippen LogP contribution is 2.30. The van der Waals surface area contributed by atoms with Crippen molar-refractivity contribution in [1.29, 1.82) is 0 Å². The Kier molecular flexibility index (Phi) is 8.05. The van der Waals surface area contributed by atoms with Gasteiger partial charge in [-0.15, -0.1) is 0 Å². The van der Waals surface area contributed by atoms with Gasteiger partial charge in [-0.2, -0.15) is 0 Å². The number of thiazole rings is 1. The fourth-order valence-corrected chi connectivity index (χ4v) is 3.94. The lowest BCUT2D eigenvalue weighted by Gasteiger charge is -2.20. The number of carbonyl (C=O) groups is 2. The smallest absolute Gasteiger partial charge is 0.412 e. The molecule has 9 heteroatoms. The normalized spacial score (nSPS) is 10.9. The van der Waals surface area contributed by atoms with Crippen molar-refractivity contribution in [2.24, 2.45) is 0 Å². The maximum Gasteiger partial charge on any atom is 0.412 e. The molecule has 0 saturated heterocycles. The van der Waals surface area contributed by atoms with Crippen molar-refractivity contribution in [2.45, 2.75) is 32.9 Å². The maximum absolute atomic E-state index is 12.8. The van der Waals surface area contributed by atoms with Crippen LogP contribution in [0.15, 0.2) is 85.1 Å². The topological polar surface area (TPSA) is 102 Å². The van der Waals surface area contributed by atoms with Crippen molar-refractivity contribution in [1.82, 2.24) is 4.98 Å². The fraction of sp³-hybridized carbons (Fsp3) is 0.179. The van der Waals surface area contributed by atoms with Crippen LogP contribution in [-0.2, 0) is 11.3 Å². The van der Waals surface area contributed by atoms with Gasteiger partial charge in [-0.05, 0) is 62.7 Å². The van der Waals surface area contributed by atoms with E-state index in [1.807, 2.05) is 42.5 Å². The number of aromatic nitrogens is 1. The van der Waals surface area contributed by atoms with Crippen LogP contribution in [0.5, 0.6) is 10.8 Å². The number of carbonyl (C=O) groups excluding carboxylic acids is 2. The van der Waals surface area contributed by atoms with E-state index in [1.165, 1.54) is 11.3 Å². The van der Waals surface area contributed by atoms with Crippen molar-refractivity contribution < 1.29 is 19.1 Å². The first kappa shape index (κ1) is 25.7. The molecule has 0 aliphatic heterocycles. The van der Waals surface area contributed by atoms with E-state index in [-0.39, 0.29) is 5.91 Å². The summed E-state index contributed by atoms with van der Waals surface area (Å²) in [5.41, 5.74) is 1.77. The van der Waals surface area contributed by atoms with Crippen molar-refractivity contribution in [3.8, 4) is 10.8 Å². The molecule has 0 unspecified atom stereocenters. The minimum atomic E-state index is -0.628. The minimum absolute atomic E-state index is 0.291. The molecule has 0 atom stereocenters. The molecule has 8 nitrogen and oxygen atoms in total. The number of nitrogens with zero attached hydrogens (tertiary/aromatic N) is 1. The number of nitrogens with one attached hydrogen (secondary N) is 3. The molecule has 3 aromatic carbocycles. The number of rotatable bonds is 8. The number of ether oxygens (including phenoxy) is 2. The minimum Gasteiger partial charge on any atom is -0.445 e. The van der Waals surface area contributed by atoms with Gasteiger partial charge in [-0.3, -0.25) is 10.1 Å². The summed E-state index contributed by atoms with van der Waals surface area (Å²) in [5, 5.41) is 10.2. The summed E-state index contributed by atoms with van der Waals surface area (Å²) in [6.07, 6.45) is 1.09. The van der Waals surface area contributed by atoms with Gasteiger partial charge in [0.05, 0.1) is 17.6 Å². The van der Waals surface area contributed by atoms with E-state index in [9.17, 15) is 9.59 Å². The zero-order chi connectivity index (χ0) is 26.3. The Bertz CT molecular complexity index is 1350. The lowest BCUT2D eigenvalue weighted by molar-refractivity contribution is 0.0635. The van der Waals surface area contributed by atoms with E-state index in [2.05, 4.69) is 20.9 Å². The third kappa shape index (κ3) is 7.81. The van der Waals surface area contributed by atoms with Gasteiger partial charge in [0.1, 0.15) is 11.4 Å². The van der Waals surface area contributed by atoms with E-state index in [1.54, 1.807) is 63.4 Å². The highest BCUT2D eigenvalue weighted by Gasteiger charge is 2.18. The fourth-order valence-electron chi connectivity index (χ4n) is 3.25. The first-order valence-electron chi connectivity index (χ1n) is 11.7. The second kappa shape index (κ2) is 11.6. The molecule has 2 amide bonds. The SMILES string of the molecule is CC(C)(C)OC(=O)Nc1ccccc1NC(=O)c1ccc(CNc2ncc(Oc3ccccc3)s2)cc1. The highest BCUT2D eigenvalue weighted by molar-refractivity contribution is 7.17. The van der Waals surface area contributed by atoms with Crippen LogP contribution in [0, 0.1) is 0 Å². The number of benzene rings is 3. The van der Waals surface area contributed by atoms with Crippen molar-refractivity contribution >= 4 is 39.8 Å². The Morgan fingerprint density at radius 2 is 1.51 bits per heavy atom. The summed E-state index contributed by atoms with van der Waals surface area (Å²) < 4.78 is 11.1. The number of para-hydroxylation sites is 3. The van der Waals surface area contributed by atoms with Crippen LogP contribution in [0.2, 0.25) is 0 Å². The van der Waals surface area contributed by atoms with E-state index in [0.717, 1.165) is 16.4 Å². The maximum atomic E-state index is 12.8. The molecule has 4 rings (SSSR count). The molecule has 1 aromatic heterocycles. The first-order chi connectivity index (χ1) is 17.7. The lowest BCUT2D eigenvalue weighted by Crippen LogP contribution is -2.27. The summed E-state index contributed by atoms with van der Waals surface area (Å²) >= 11 is 1.42. The van der Waals surface area contributed by atoms with Crippen LogP contribution in [0.1, 0.15) is 36.7 Å². The Labute approximate surface area is 219 Å². The molecule has 4 aromatic rings. The average Bonchev–Trinajstić information content (AvgIpc) is 3.31. The molecular weight excluding hydrogens is 488 g/mol. The van der Waals surface area contributed by atoms with Gasteiger partial charge in [0.2, 0.25) is 5.06 Å². The largest absolute Gasteiger partial charge is 0.445 e. The van der Waals surface area contributed by atoms with Crippen LogP contribution >= 0.6 is 11.3 Å².